The van der Waals surface area contributed by atoms with E-state index < -0.39 is 0 Å². The van der Waals surface area contributed by atoms with E-state index in [1.807, 2.05) is 6.92 Å². The van der Waals surface area contributed by atoms with Crippen LogP contribution in [0.3, 0.4) is 0 Å². The minimum Gasteiger partial charge on any atom is -0.211 e. The monoisotopic (exact) mass is 193 g/mol. The van der Waals surface area contributed by atoms with Gasteiger partial charge in [-0.15, -0.1) is 0 Å². The van der Waals surface area contributed by atoms with Crippen LogP contribution in [0.2, 0.25) is 0 Å². The van der Waals surface area contributed by atoms with Crippen LogP contribution in [0.1, 0.15) is 30.5 Å². The minimum atomic E-state index is -0.267. The van der Waals surface area contributed by atoms with Crippen LogP contribution < -0.4 is 0 Å². The largest absolute Gasteiger partial charge is 0.235 e. The lowest BCUT2D eigenvalue weighted by Crippen LogP contribution is -1.97. The summed E-state index contributed by atoms with van der Waals surface area (Å²) in [5.74, 6) is -0.267. The number of aliphatic imine (C=N–C) groups is 1. The van der Waals surface area contributed by atoms with Crippen molar-refractivity contribution in [3.05, 3.63) is 35.1 Å². The quantitative estimate of drug-likeness (QED) is 0.536. The summed E-state index contributed by atoms with van der Waals surface area (Å²) in [5, 5.41) is 0. The molecule has 0 heterocycles. The highest BCUT2D eigenvalue weighted by atomic mass is 19.1. The summed E-state index contributed by atoms with van der Waals surface area (Å²) in [7, 11) is 0. The number of hydrogen-bond donors (Lipinski definition) is 0. The fourth-order valence-corrected chi connectivity index (χ4v) is 1.46. The SMILES string of the molecule is CCC(N=C=O)c1ccc(F)cc1C. The molecule has 0 spiro atoms. The van der Waals surface area contributed by atoms with Crippen molar-refractivity contribution in [2.24, 2.45) is 4.99 Å². The van der Waals surface area contributed by atoms with Crippen molar-refractivity contribution in [2.45, 2.75) is 26.3 Å². The molecule has 1 rings (SSSR count). The first-order valence-electron chi connectivity index (χ1n) is 4.52. The first-order valence-corrected chi connectivity index (χ1v) is 4.52. The van der Waals surface area contributed by atoms with Gasteiger partial charge in [0.1, 0.15) is 5.82 Å². The van der Waals surface area contributed by atoms with Gasteiger partial charge in [-0.3, -0.25) is 0 Å². The van der Waals surface area contributed by atoms with Crippen LogP contribution in [0.4, 0.5) is 4.39 Å². The van der Waals surface area contributed by atoms with Crippen LogP contribution >= 0.6 is 0 Å². The van der Waals surface area contributed by atoms with Gasteiger partial charge in [0.15, 0.2) is 0 Å². The summed E-state index contributed by atoms with van der Waals surface area (Å²) in [5.41, 5.74) is 1.70. The van der Waals surface area contributed by atoms with Crippen molar-refractivity contribution in [3.63, 3.8) is 0 Å². The average molecular weight is 193 g/mol. The third kappa shape index (κ3) is 2.27. The van der Waals surface area contributed by atoms with Crippen molar-refractivity contribution in [2.75, 3.05) is 0 Å². The molecule has 0 saturated carbocycles. The molecule has 14 heavy (non-hydrogen) atoms. The first kappa shape index (κ1) is 10.6. The number of halogens is 1. The maximum atomic E-state index is 12.8. The van der Waals surface area contributed by atoms with Gasteiger partial charge in [-0.1, -0.05) is 13.0 Å². The van der Waals surface area contributed by atoms with E-state index in [0.717, 1.165) is 11.1 Å². The van der Waals surface area contributed by atoms with E-state index in [1.54, 1.807) is 19.1 Å². The predicted octanol–water partition coefficient (Wildman–Crippen LogP) is 2.92. The molecule has 0 aromatic heterocycles. The second kappa shape index (κ2) is 4.68. The van der Waals surface area contributed by atoms with Crippen molar-refractivity contribution >= 4 is 6.08 Å². The highest BCUT2D eigenvalue weighted by Crippen LogP contribution is 2.24. The van der Waals surface area contributed by atoms with E-state index in [0.29, 0.717) is 6.42 Å². The van der Waals surface area contributed by atoms with E-state index in [9.17, 15) is 9.18 Å². The number of hydrogen-bond acceptors (Lipinski definition) is 2. The number of rotatable bonds is 3. The summed E-state index contributed by atoms with van der Waals surface area (Å²) < 4.78 is 12.8. The molecule has 74 valence electrons. The molecule has 0 radical (unpaired) electrons. The third-order valence-corrected chi connectivity index (χ3v) is 2.19. The van der Waals surface area contributed by atoms with Crippen LogP contribution in [0.25, 0.3) is 0 Å². The van der Waals surface area contributed by atoms with Gasteiger partial charge in [0.05, 0.1) is 6.04 Å². The van der Waals surface area contributed by atoms with Gasteiger partial charge in [-0.25, -0.2) is 9.18 Å². The molecule has 0 saturated heterocycles. The number of aryl methyl sites for hydroxylation is 1. The topological polar surface area (TPSA) is 29.4 Å². The molecule has 1 aromatic carbocycles. The number of carbonyl (C=O) groups excluding carboxylic acids is 1. The highest BCUT2D eigenvalue weighted by molar-refractivity contribution is 5.37. The van der Waals surface area contributed by atoms with Gasteiger partial charge in [0, 0.05) is 0 Å². The Morgan fingerprint density at radius 1 is 1.57 bits per heavy atom. The molecular formula is C11H12FNO. The molecule has 1 unspecified atom stereocenters. The fourth-order valence-electron chi connectivity index (χ4n) is 1.46. The normalized spacial score (nSPS) is 11.9. The maximum absolute atomic E-state index is 12.8. The highest BCUT2D eigenvalue weighted by Gasteiger charge is 2.10. The zero-order valence-electron chi connectivity index (χ0n) is 8.25. The lowest BCUT2D eigenvalue weighted by molar-refractivity contribution is 0.555. The van der Waals surface area contributed by atoms with Crippen molar-refractivity contribution in [1.82, 2.24) is 0 Å². The number of benzene rings is 1. The zero-order chi connectivity index (χ0) is 10.6. The van der Waals surface area contributed by atoms with Crippen molar-refractivity contribution < 1.29 is 9.18 Å². The van der Waals surface area contributed by atoms with Gasteiger partial charge >= 0.3 is 0 Å². The lowest BCUT2D eigenvalue weighted by Gasteiger charge is -2.11. The molecule has 0 fully saturated rings. The number of nitrogens with zero attached hydrogens (tertiary/aromatic N) is 1. The second-order valence-corrected chi connectivity index (χ2v) is 3.15. The summed E-state index contributed by atoms with van der Waals surface area (Å²) >= 11 is 0. The molecule has 2 nitrogen and oxygen atoms in total. The summed E-state index contributed by atoms with van der Waals surface area (Å²) in [6, 6.07) is 4.29. The number of isocyanates is 1. The van der Waals surface area contributed by atoms with Crippen LogP contribution in [-0.4, -0.2) is 6.08 Å². The summed E-state index contributed by atoms with van der Waals surface area (Å²) in [6.07, 6.45) is 2.25. The van der Waals surface area contributed by atoms with Gasteiger partial charge in [0.2, 0.25) is 6.08 Å². The van der Waals surface area contributed by atoms with E-state index in [4.69, 9.17) is 0 Å². The molecule has 3 heteroatoms. The second-order valence-electron chi connectivity index (χ2n) is 3.15. The Bertz CT molecular complexity index is 370. The first-order chi connectivity index (χ1) is 6.69. The van der Waals surface area contributed by atoms with Crippen LogP contribution in [0, 0.1) is 12.7 Å². The molecule has 0 aliphatic rings. The van der Waals surface area contributed by atoms with Crippen LogP contribution in [0.15, 0.2) is 23.2 Å². The standard InChI is InChI=1S/C11H12FNO/c1-3-11(13-7-14)10-5-4-9(12)6-8(10)2/h4-6,11H,3H2,1-2H3. The van der Waals surface area contributed by atoms with Gasteiger partial charge in [-0.2, -0.15) is 4.99 Å². The predicted molar refractivity (Wildman–Crippen MR) is 52.3 cm³/mol. The molecule has 1 aromatic rings. The molecular weight excluding hydrogens is 181 g/mol. The van der Waals surface area contributed by atoms with E-state index in [1.165, 1.54) is 12.1 Å². The summed E-state index contributed by atoms with van der Waals surface area (Å²) in [6.45, 7) is 3.73. The molecule has 0 N–H and O–H groups in total. The Morgan fingerprint density at radius 3 is 2.79 bits per heavy atom. The van der Waals surface area contributed by atoms with E-state index in [-0.39, 0.29) is 11.9 Å². The molecule has 0 bridgehead atoms. The van der Waals surface area contributed by atoms with Gasteiger partial charge < -0.3 is 0 Å². The smallest absolute Gasteiger partial charge is 0.211 e. The summed E-state index contributed by atoms with van der Waals surface area (Å²) in [4.78, 5) is 13.8. The van der Waals surface area contributed by atoms with Crippen LogP contribution in [0.5, 0.6) is 0 Å². The molecule has 1 atom stereocenters. The molecule has 0 amide bonds. The van der Waals surface area contributed by atoms with Crippen molar-refractivity contribution in [3.8, 4) is 0 Å². The third-order valence-electron chi connectivity index (χ3n) is 2.19. The van der Waals surface area contributed by atoms with E-state index in [2.05, 4.69) is 4.99 Å². The molecule has 0 aliphatic heterocycles. The Balaban J connectivity index is 3.10. The Hall–Kier alpha value is -1.47. The minimum absolute atomic E-state index is 0.201. The lowest BCUT2D eigenvalue weighted by atomic mass is 10.00. The Labute approximate surface area is 82.5 Å². The molecule has 0 aliphatic carbocycles. The maximum Gasteiger partial charge on any atom is 0.235 e. The van der Waals surface area contributed by atoms with E-state index >= 15 is 0 Å². The zero-order valence-corrected chi connectivity index (χ0v) is 8.25. The fraction of sp³-hybridized carbons (Fsp3) is 0.364. The van der Waals surface area contributed by atoms with Crippen LogP contribution in [-0.2, 0) is 4.79 Å². The Morgan fingerprint density at radius 2 is 2.29 bits per heavy atom. The Kier molecular flexibility index (Phi) is 3.55. The van der Waals surface area contributed by atoms with Crippen molar-refractivity contribution in [1.29, 1.82) is 0 Å². The van der Waals surface area contributed by atoms with Gasteiger partial charge in [-0.05, 0) is 36.6 Å². The van der Waals surface area contributed by atoms with Gasteiger partial charge in [0.25, 0.3) is 0 Å². The average Bonchev–Trinajstić information content (AvgIpc) is 2.15.